The second-order valence-electron chi connectivity index (χ2n) is 17.2. The summed E-state index contributed by atoms with van der Waals surface area (Å²) in [5.41, 5.74) is 16.5. The molecule has 0 unspecified atom stereocenters. The fourth-order valence-corrected chi connectivity index (χ4v) is 10.1. The van der Waals surface area contributed by atoms with Gasteiger partial charge in [-0.25, -0.2) is 4.98 Å². The number of aromatic nitrogens is 5. The molecule has 5 heteroatoms. The number of hydrogen-bond acceptors (Lipinski definition) is 3. The lowest BCUT2D eigenvalue weighted by atomic mass is 9.93. The van der Waals surface area contributed by atoms with Gasteiger partial charge >= 0.3 is 0 Å². The molecule has 13 aromatic rings. The molecule has 3 aromatic heterocycles. The Morgan fingerprint density at radius 1 is 0.250 bits per heavy atom. The minimum Gasteiger partial charge on any atom is -0.309 e. The van der Waals surface area contributed by atoms with E-state index in [-0.39, 0.29) is 0 Å². The third-order valence-electron chi connectivity index (χ3n) is 13.2. The van der Waals surface area contributed by atoms with Crippen molar-refractivity contribution in [3.05, 3.63) is 249 Å². The molecule has 0 saturated carbocycles. The molecule has 0 amide bonds. The molecule has 3 heterocycles. The number of fused-ring (bicyclic) bond motifs is 7. The van der Waals surface area contributed by atoms with E-state index in [1.807, 2.05) is 12.1 Å². The van der Waals surface area contributed by atoms with Crippen LogP contribution in [0.15, 0.2) is 249 Å². The van der Waals surface area contributed by atoms with Crippen molar-refractivity contribution >= 4 is 43.6 Å². The molecule has 0 aliphatic carbocycles. The summed E-state index contributed by atoms with van der Waals surface area (Å²) in [6.45, 7) is 0. The first-order valence-corrected chi connectivity index (χ1v) is 23.0. The molecule has 0 N–H and O–H groups in total. The maximum atomic E-state index is 5.35. The summed E-state index contributed by atoms with van der Waals surface area (Å²) >= 11 is 0. The van der Waals surface area contributed by atoms with Crippen LogP contribution in [0.5, 0.6) is 0 Å². The van der Waals surface area contributed by atoms with Gasteiger partial charge in [0.25, 0.3) is 0 Å². The summed E-state index contributed by atoms with van der Waals surface area (Å²) in [6.07, 6.45) is 0. The van der Waals surface area contributed by atoms with Crippen molar-refractivity contribution in [2.24, 2.45) is 0 Å². The lowest BCUT2D eigenvalue weighted by molar-refractivity contribution is 0.953. The van der Waals surface area contributed by atoms with Crippen molar-refractivity contribution in [3.63, 3.8) is 0 Å². The Morgan fingerprint density at radius 2 is 0.647 bits per heavy atom. The van der Waals surface area contributed by atoms with E-state index in [1.165, 1.54) is 27.5 Å². The lowest BCUT2D eigenvalue weighted by Gasteiger charge is -2.18. The Hall–Kier alpha value is -9.19. The van der Waals surface area contributed by atoms with Crippen molar-refractivity contribution in [2.75, 3.05) is 0 Å². The van der Waals surface area contributed by atoms with Crippen LogP contribution in [0.25, 0.3) is 123 Å². The third kappa shape index (κ3) is 6.59. The van der Waals surface area contributed by atoms with Crippen molar-refractivity contribution in [1.82, 2.24) is 24.1 Å². The van der Waals surface area contributed by atoms with Gasteiger partial charge in [-0.15, -0.1) is 0 Å². The summed E-state index contributed by atoms with van der Waals surface area (Å²) < 4.78 is 4.69. The van der Waals surface area contributed by atoms with E-state index < -0.39 is 0 Å². The van der Waals surface area contributed by atoms with Gasteiger partial charge in [0.05, 0.1) is 27.8 Å². The Balaban J connectivity index is 1.05. The smallest absolute Gasteiger partial charge is 0.238 e. The zero-order valence-corrected chi connectivity index (χ0v) is 36.9. The van der Waals surface area contributed by atoms with Gasteiger partial charge in [-0.3, -0.25) is 4.57 Å². The highest BCUT2D eigenvalue weighted by Crippen LogP contribution is 2.45. The normalized spacial score (nSPS) is 11.5. The van der Waals surface area contributed by atoms with Crippen LogP contribution >= 0.6 is 0 Å². The first-order chi connectivity index (χ1) is 33.7. The fourth-order valence-electron chi connectivity index (χ4n) is 10.1. The van der Waals surface area contributed by atoms with E-state index in [0.29, 0.717) is 17.6 Å². The third-order valence-corrected chi connectivity index (χ3v) is 13.2. The summed E-state index contributed by atoms with van der Waals surface area (Å²) in [7, 11) is 0. The van der Waals surface area contributed by atoms with Crippen LogP contribution in [-0.2, 0) is 0 Å². The molecule has 13 rings (SSSR count). The highest BCUT2D eigenvalue weighted by atomic mass is 15.2. The minimum atomic E-state index is 0.556. The van der Waals surface area contributed by atoms with Crippen LogP contribution in [0.4, 0.5) is 0 Å². The predicted molar refractivity (Wildman–Crippen MR) is 281 cm³/mol. The minimum absolute atomic E-state index is 0.556. The van der Waals surface area contributed by atoms with Crippen LogP contribution in [0.2, 0.25) is 0 Å². The topological polar surface area (TPSA) is 48.5 Å². The molecule has 0 spiro atoms. The van der Waals surface area contributed by atoms with E-state index in [2.05, 4.69) is 246 Å². The van der Waals surface area contributed by atoms with E-state index in [4.69, 9.17) is 15.0 Å². The summed E-state index contributed by atoms with van der Waals surface area (Å²) in [5, 5.41) is 4.63. The second kappa shape index (κ2) is 16.4. The van der Waals surface area contributed by atoms with E-state index in [0.717, 1.165) is 77.5 Å². The van der Waals surface area contributed by atoms with Crippen molar-refractivity contribution in [2.45, 2.75) is 0 Å². The van der Waals surface area contributed by atoms with Gasteiger partial charge in [0.1, 0.15) is 0 Å². The standard InChI is InChI=1S/C63H41N5/c1-5-18-42(19-6-1)44-32-36-48(37-33-44)61-64-62(49-38-34-45(35-39-49)43-20-7-2-8-21-43)66-63(65-61)68-54-30-16-14-27-52(54)60-57(68)41-40-56-59(60)51-26-13-15-29-53(51)67(56)55-31-17-28-50(46-22-9-3-10-23-46)58(55)47-24-11-4-12-25-47/h1-41H. The van der Waals surface area contributed by atoms with Crippen LogP contribution in [-0.4, -0.2) is 24.1 Å². The molecule has 0 aliphatic rings. The monoisotopic (exact) mass is 867 g/mol. The average Bonchev–Trinajstić information content (AvgIpc) is 3.94. The molecule has 68 heavy (non-hydrogen) atoms. The average molecular weight is 868 g/mol. The first-order valence-electron chi connectivity index (χ1n) is 23.0. The van der Waals surface area contributed by atoms with Crippen molar-refractivity contribution < 1.29 is 0 Å². The molecule has 0 atom stereocenters. The highest BCUT2D eigenvalue weighted by Gasteiger charge is 2.24. The summed E-state index contributed by atoms with van der Waals surface area (Å²) in [5.74, 6) is 1.76. The Labute approximate surface area is 393 Å². The van der Waals surface area contributed by atoms with Crippen LogP contribution in [0.1, 0.15) is 0 Å². The molecule has 0 aliphatic heterocycles. The summed E-state index contributed by atoms with van der Waals surface area (Å²) in [6, 6.07) is 88.1. The van der Waals surface area contributed by atoms with Crippen molar-refractivity contribution in [3.8, 4) is 78.9 Å². The van der Waals surface area contributed by atoms with Gasteiger partial charge in [-0.05, 0) is 69.3 Å². The first kappa shape index (κ1) is 39.2. The Kier molecular flexibility index (Phi) is 9.43. The van der Waals surface area contributed by atoms with E-state index in [1.54, 1.807) is 0 Å². The maximum absolute atomic E-state index is 5.35. The van der Waals surface area contributed by atoms with E-state index >= 15 is 0 Å². The molecular weight excluding hydrogens is 827 g/mol. The number of para-hydroxylation sites is 2. The Morgan fingerprint density at radius 3 is 1.16 bits per heavy atom. The molecule has 0 radical (unpaired) electrons. The molecular formula is C63H41N5. The van der Waals surface area contributed by atoms with Gasteiger partial charge in [0, 0.05) is 38.2 Å². The zero-order chi connectivity index (χ0) is 45.0. The van der Waals surface area contributed by atoms with Gasteiger partial charge in [-0.1, -0.05) is 218 Å². The van der Waals surface area contributed by atoms with E-state index in [9.17, 15) is 0 Å². The van der Waals surface area contributed by atoms with Gasteiger partial charge in [-0.2, -0.15) is 9.97 Å². The fraction of sp³-hybridized carbons (Fsp3) is 0. The van der Waals surface area contributed by atoms with Gasteiger partial charge < -0.3 is 4.57 Å². The molecule has 5 nitrogen and oxygen atoms in total. The van der Waals surface area contributed by atoms with Crippen LogP contribution in [0, 0.1) is 0 Å². The van der Waals surface area contributed by atoms with Crippen molar-refractivity contribution in [1.29, 1.82) is 0 Å². The van der Waals surface area contributed by atoms with Gasteiger partial charge in [0.2, 0.25) is 5.95 Å². The largest absolute Gasteiger partial charge is 0.309 e. The number of hydrogen-bond donors (Lipinski definition) is 0. The SMILES string of the molecule is c1ccc(-c2ccc(-c3nc(-c4ccc(-c5ccccc5)cc4)nc(-n4c5ccccc5c5c6c7ccccc7n(-c7cccc(-c8ccccc8)c7-c7ccccc7)c6ccc54)n3)cc2)cc1. The predicted octanol–water partition coefficient (Wildman–Crippen LogP) is 16.1. The molecule has 0 bridgehead atoms. The number of benzene rings is 10. The zero-order valence-electron chi connectivity index (χ0n) is 36.9. The molecule has 0 fully saturated rings. The summed E-state index contributed by atoms with van der Waals surface area (Å²) in [4.78, 5) is 15.9. The quantitative estimate of drug-likeness (QED) is 0.153. The van der Waals surface area contributed by atoms with Gasteiger partial charge in [0.15, 0.2) is 11.6 Å². The van der Waals surface area contributed by atoms with Crippen LogP contribution < -0.4 is 0 Å². The van der Waals surface area contributed by atoms with Crippen LogP contribution in [0.3, 0.4) is 0 Å². The lowest BCUT2D eigenvalue weighted by Crippen LogP contribution is -2.06. The number of nitrogens with zero attached hydrogens (tertiary/aromatic N) is 5. The number of rotatable bonds is 8. The Bertz CT molecular complexity index is 3870. The molecule has 0 saturated heterocycles. The maximum Gasteiger partial charge on any atom is 0.238 e. The molecule has 318 valence electrons. The highest BCUT2D eigenvalue weighted by molar-refractivity contribution is 6.29. The molecule has 10 aromatic carbocycles. The second-order valence-corrected chi connectivity index (χ2v) is 17.2.